The Morgan fingerprint density at radius 2 is 1.27 bits per heavy atom. The molecule has 2 aromatic rings. The predicted octanol–water partition coefficient (Wildman–Crippen LogP) is 3.07. The zero-order valence-electron chi connectivity index (χ0n) is 14.4. The molecule has 26 heavy (non-hydrogen) atoms. The van der Waals surface area contributed by atoms with Crippen LogP contribution < -0.4 is 0 Å². The van der Waals surface area contributed by atoms with Crippen molar-refractivity contribution in [2.24, 2.45) is 0 Å². The van der Waals surface area contributed by atoms with Crippen LogP contribution in [-0.2, 0) is 23.9 Å². The molecule has 0 aliphatic heterocycles. The smallest absolute Gasteiger partial charge is 0.342 e. The molecule has 0 spiro atoms. The molecule has 2 aromatic carbocycles. The lowest BCUT2D eigenvalue weighted by Gasteiger charge is -2.07. The van der Waals surface area contributed by atoms with E-state index in [1.165, 1.54) is 0 Å². The average molecular weight is 348 g/mol. The summed E-state index contributed by atoms with van der Waals surface area (Å²) in [4.78, 5) is 38.0. The summed E-state index contributed by atoms with van der Waals surface area (Å²) in [5.41, 5.74) is 2.31. The van der Waals surface area contributed by atoms with Crippen molar-refractivity contribution >= 4 is 39.6 Å². The second kappa shape index (κ2) is 5.95. The lowest BCUT2D eigenvalue weighted by Crippen LogP contribution is -2.20. The summed E-state index contributed by atoms with van der Waals surface area (Å²) in [5.74, 6) is -2.05. The zero-order valence-corrected chi connectivity index (χ0v) is 14.4. The van der Waals surface area contributed by atoms with Crippen molar-refractivity contribution in [3.63, 3.8) is 0 Å². The number of ketones is 1. The molecule has 0 saturated heterocycles. The van der Waals surface area contributed by atoms with E-state index in [1.807, 2.05) is 36.4 Å². The molecule has 5 nitrogen and oxygen atoms in total. The van der Waals surface area contributed by atoms with Crippen molar-refractivity contribution in [2.45, 2.75) is 13.8 Å². The van der Waals surface area contributed by atoms with Crippen LogP contribution >= 0.6 is 0 Å². The number of fused-ring (bicyclic) bond motifs is 3. The van der Waals surface area contributed by atoms with E-state index in [0.717, 1.165) is 21.9 Å². The highest BCUT2D eigenvalue weighted by Gasteiger charge is 2.45. The largest absolute Gasteiger partial charge is 0.462 e. The molecular weight excluding hydrogens is 332 g/mol. The number of esters is 2. The van der Waals surface area contributed by atoms with Crippen LogP contribution in [0.3, 0.4) is 0 Å². The van der Waals surface area contributed by atoms with Gasteiger partial charge in [0.15, 0.2) is 0 Å². The lowest BCUT2D eigenvalue weighted by atomic mass is 9.99. The van der Waals surface area contributed by atoms with E-state index >= 15 is 0 Å². The van der Waals surface area contributed by atoms with E-state index < -0.39 is 17.7 Å². The summed E-state index contributed by atoms with van der Waals surface area (Å²) in [7, 11) is 0. The van der Waals surface area contributed by atoms with Crippen LogP contribution in [0.15, 0.2) is 47.5 Å². The topological polar surface area (TPSA) is 69.7 Å². The van der Waals surface area contributed by atoms with Gasteiger partial charge in [0.2, 0.25) is 5.78 Å². The van der Waals surface area contributed by atoms with E-state index in [1.54, 1.807) is 13.8 Å². The number of carbonyl (C=O) groups is 3. The van der Waals surface area contributed by atoms with Crippen molar-refractivity contribution in [3.8, 4) is 0 Å². The SMILES string of the molecule is CCOC(=O)C1=C2C(=C(C(=O)OCC)C1=O)c1cccc3cccc2c13. The van der Waals surface area contributed by atoms with Gasteiger partial charge in [-0.05, 0) is 35.7 Å². The van der Waals surface area contributed by atoms with Gasteiger partial charge in [0, 0.05) is 11.1 Å². The maximum Gasteiger partial charge on any atom is 0.342 e. The number of ether oxygens (including phenoxy) is 2. The number of allylic oxidation sites excluding steroid dienone is 2. The maximum absolute atomic E-state index is 13.0. The Labute approximate surface area is 149 Å². The van der Waals surface area contributed by atoms with Crippen molar-refractivity contribution in [2.75, 3.05) is 13.2 Å². The van der Waals surface area contributed by atoms with E-state index in [9.17, 15) is 14.4 Å². The van der Waals surface area contributed by atoms with Crippen LogP contribution in [0.1, 0.15) is 25.0 Å². The van der Waals surface area contributed by atoms with Crippen molar-refractivity contribution in [3.05, 3.63) is 58.7 Å². The van der Waals surface area contributed by atoms with Gasteiger partial charge in [-0.3, -0.25) is 4.79 Å². The Morgan fingerprint density at radius 1 is 0.808 bits per heavy atom. The molecule has 0 N–H and O–H groups in total. The summed E-state index contributed by atoms with van der Waals surface area (Å²) >= 11 is 0. The first-order valence-electron chi connectivity index (χ1n) is 8.50. The van der Waals surface area contributed by atoms with Crippen LogP contribution in [0.4, 0.5) is 0 Å². The first kappa shape index (κ1) is 16.3. The third-order valence-electron chi connectivity index (χ3n) is 4.61. The molecule has 0 fully saturated rings. The first-order valence-corrected chi connectivity index (χ1v) is 8.50. The lowest BCUT2D eigenvalue weighted by molar-refractivity contribution is -0.140. The summed E-state index contributed by atoms with van der Waals surface area (Å²) in [6.07, 6.45) is 0. The molecule has 2 aliphatic rings. The average Bonchev–Trinajstić information content (AvgIpc) is 3.10. The van der Waals surface area contributed by atoms with E-state index in [2.05, 4.69) is 0 Å². The van der Waals surface area contributed by atoms with Gasteiger partial charge in [-0.2, -0.15) is 0 Å². The van der Waals surface area contributed by atoms with Gasteiger partial charge in [0.1, 0.15) is 11.1 Å². The summed E-state index contributed by atoms with van der Waals surface area (Å²) < 4.78 is 10.2. The molecule has 0 bridgehead atoms. The summed E-state index contributed by atoms with van der Waals surface area (Å²) in [6.45, 7) is 3.63. The molecule has 5 heteroatoms. The second-order valence-electron chi connectivity index (χ2n) is 5.98. The van der Waals surface area contributed by atoms with Gasteiger partial charge >= 0.3 is 11.9 Å². The number of hydrogen-bond donors (Lipinski definition) is 0. The monoisotopic (exact) mass is 348 g/mol. The summed E-state index contributed by atoms with van der Waals surface area (Å²) in [6, 6.07) is 11.4. The Bertz CT molecular complexity index is 977. The molecule has 0 saturated carbocycles. The number of hydrogen-bond acceptors (Lipinski definition) is 5. The normalized spacial score (nSPS) is 14.9. The zero-order chi connectivity index (χ0) is 18.4. The second-order valence-corrected chi connectivity index (χ2v) is 5.98. The first-order chi connectivity index (χ1) is 12.6. The van der Waals surface area contributed by atoms with Crippen LogP contribution in [-0.4, -0.2) is 30.9 Å². The minimum atomic E-state index is -0.714. The number of Topliss-reactive ketones (excluding diaryl/α,β-unsaturated/α-hetero) is 1. The van der Waals surface area contributed by atoms with Crippen LogP contribution in [0.2, 0.25) is 0 Å². The Hall–Kier alpha value is -3.21. The molecule has 0 atom stereocenters. The van der Waals surface area contributed by atoms with Gasteiger partial charge in [-0.1, -0.05) is 36.4 Å². The Balaban J connectivity index is 2.06. The van der Waals surface area contributed by atoms with Crippen molar-refractivity contribution in [1.82, 2.24) is 0 Å². The standard InChI is InChI=1S/C21H16O5/c1-3-25-20(23)17-15-12-9-5-7-11-8-6-10-13(14(11)12)16(15)18(19(17)22)21(24)26-4-2/h5-10H,3-4H2,1-2H3. The van der Waals surface area contributed by atoms with Crippen LogP contribution in [0.5, 0.6) is 0 Å². The molecule has 4 rings (SSSR count). The quantitative estimate of drug-likeness (QED) is 0.627. The minimum Gasteiger partial charge on any atom is -0.462 e. The predicted molar refractivity (Wildman–Crippen MR) is 96.1 cm³/mol. The van der Waals surface area contributed by atoms with Crippen LogP contribution in [0.25, 0.3) is 21.9 Å². The molecule has 0 aromatic heterocycles. The molecule has 0 heterocycles. The molecule has 0 amide bonds. The van der Waals surface area contributed by atoms with E-state index in [4.69, 9.17) is 9.47 Å². The van der Waals surface area contributed by atoms with Crippen LogP contribution in [0, 0.1) is 0 Å². The summed E-state index contributed by atoms with van der Waals surface area (Å²) in [5, 5.41) is 1.91. The number of benzene rings is 2. The minimum absolute atomic E-state index is 0.0893. The molecular formula is C21H16O5. The highest BCUT2D eigenvalue weighted by atomic mass is 16.5. The molecule has 2 aliphatic carbocycles. The number of carbonyl (C=O) groups excluding carboxylic acids is 3. The Kier molecular flexibility index (Phi) is 3.72. The van der Waals surface area contributed by atoms with Gasteiger partial charge in [-0.15, -0.1) is 0 Å². The fraction of sp³-hybridized carbons (Fsp3) is 0.190. The molecule has 130 valence electrons. The number of rotatable bonds is 4. The third-order valence-corrected chi connectivity index (χ3v) is 4.61. The van der Waals surface area contributed by atoms with Gasteiger partial charge in [0.05, 0.1) is 13.2 Å². The molecule has 0 radical (unpaired) electrons. The Morgan fingerprint density at radius 3 is 1.69 bits per heavy atom. The van der Waals surface area contributed by atoms with Gasteiger partial charge in [-0.25, -0.2) is 9.59 Å². The third kappa shape index (κ3) is 2.07. The van der Waals surface area contributed by atoms with Crippen molar-refractivity contribution < 1.29 is 23.9 Å². The van der Waals surface area contributed by atoms with E-state index in [0.29, 0.717) is 11.1 Å². The fourth-order valence-corrected chi connectivity index (χ4v) is 3.69. The van der Waals surface area contributed by atoms with Crippen molar-refractivity contribution in [1.29, 1.82) is 0 Å². The highest BCUT2D eigenvalue weighted by molar-refractivity contribution is 6.50. The van der Waals surface area contributed by atoms with Gasteiger partial charge in [0.25, 0.3) is 0 Å². The molecule has 0 unspecified atom stereocenters. The fourth-order valence-electron chi connectivity index (χ4n) is 3.69. The maximum atomic E-state index is 13.0. The van der Waals surface area contributed by atoms with Gasteiger partial charge < -0.3 is 9.47 Å². The van der Waals surface area contributed by atoms with E-state index in [-0.39, 0.29) is 24.4 Å². The highest BCUT2D eigenvalue weighted by Crippen LogP contribution is 2.52.